The highest BCUT2D eigenvalue weighted by molar-refractivity contribution is 6.02. The maximum absolute atomic E-state index is 11.8. The molecule has 9 nitrogen and oxygen atoms in total. The molecule has 1 N–H and O–H groups in total. The van der Waals surface area contributed by atoms with Gasteiger partial charge in [0.1, 0.15) is 0 Å². The van der Waals surface area contributed by atoms with Gasteiger partial charge in [-0.1, -0.05) is 0 Å². The predicted molar refractivity (Wildman–Crippen MR) is 55.3 cm³/mol. The van der Waals surface area contributed by atoms with Crippen LogP contribution in [0.4, 0.5) is 4.79 Å². The lowest BCUT2D eigenvalue weighted by atomic mass is 10.4. The van der Waals surface area contributed by atoms with E-state index < -0.39 is 29.5 Å². The van der Waals surface area contributed by atoms with E-state index in [1.54, 1.807) is 0 Å². The molecule has 0 saturated carbocycles. The van der Waals surface area contributed by atoms with Crippen molar-refractivity contribution in [2.75, 3.05) is 7.05 Å². The molecule has 0 bridgehead atoms. The third-order valence-corrected chi connectivity index (χ3v) is 2.81. The Morgan fingerprint density at radius 3 is 1.76 bits per heavy atom. The molecule has 0 aliphatic carbocycles. The predicted octanol–water partition coefficient (Wildman–Crippen LogP) is -2.43. The molecule has 0 radical (unpaired) electrons. The Kier molecular flexibility index (Phi) is 2.19. The molecule has 0 spiro atoms. The first kappa shape index (κ1) is 11.2. The van der Waals surface area contributed by atoms with Crippen molar-refractivity contribution in [1.29, 1.82) is 0 Å². The molecular formula is C8H11N5O4. The molecule has 17 heavy (non-hydrogen) atoms. The van der Waals surface area contributed by atoms with Crippen LogP contribution in [0.25, 0.3) is 0 Å². The molecule has 92 valence electrons. The average molecular weight is 241 g/mol. The van der Waals surface area contributed by atoms with Crippen molar-refractivity contribution in [3.63, 3.8) is 0 Å². The van der Waals surface area contributed by atoms with E-state index in [2.05, 4.69) is 0 Å². The highest BCUT2D eigenvalue weighted by Gasteiger charge is 2.40. The molecule has 1 atom stereocenters. The molecule has 9 heteroatoms. The first-order chi connectivity index (χ1) is 7.86. The molecule has 1 unspecified atom stereocenters. The van der Waals surface area contributed by atoms with Crippen LogP contribution in [0, 0.1) is 0 Å². The monoisotopic (exact) mass is 241 g/mol. The second-order valence-corrected chi connectivity index (χ2v) is 3.76. The standard InChI is InChI=1S/C8H11N5O4/c1-10-5(4(14)9-6(10)15)13-7(16)11(2)12(3)8(13)17/h5H,1-3H3,(H,9,14,15). The van der Waals surface area contributed by atoms with Gasteiger partial charge in [0.05, 0.1) is 0 Å². The normalized spacial score (nSPS) is 19.9. The molecule has 1 saturated heterocycles. The quantitative estimate of drug-likeness (QED) is 0.552. The zero-order valence-corrected chi connectivity index (χ0v) is 9.50. The van der Waals surface area contributed by atoms with Crippen LogP contribution in [0.2, 0.25) is 0 Å². The van der Waals surface area contributed by atoms with Gasteiger partial charge in [0.2, 0.25) is 0 Å². The molecule has 1 aromatic heterocycles. The molecule has 2 heterocycles. The molecule has 2 rings (SSSR count). The number of urea groups is 1. The Labute approximate surface area is 94.8 Å². The van der Waals surface area contributed by atoms with E-state index in [9.17, 15) is 19.2 Å². The second-order valence-electron chi connectivity index (χ2n) is 3.76. The average Bonchev–Trinajstić information content (AvgIpc) is 2.61. The zero-order chi connectivity index (χ0) is 12.9. The first-order valence-electron chi connectivity index (χ1n) is 4.78. The van der Waals surface area contributed by atoms with Crippen LogP contribution in [0.5, 0.6) is 0 Å². The number of amides is 3. The third-order valence-electron chi connectivity index (χ3n) is 2.81. The van der Waals surface area contributed by atoms with Crippen LogP contribution < -0.4 is 16.7 Å². The minimum atomic E-state index is -1.23. The van der Waals surface area contributed by atoms with Crippen molar-refractivity contribution >= 4 is 11.9 Å². The summed E-state index contributed by atoms with van der Waals surface area (Å²) in [6.07, 6.45) is -1.23. The number of rotatable bonds is 1. The van der Waals surface area contributed by atoms with E-state index >= 15 is 0 Å². The van der Waals surface area contributed by atoms with Gasteiger partial charge in [0.25, 0.3) is 5.91 Å². The summed E-state index contributed by atoms with van der Waals surface area (Å²) in [5.74, 6) is -0.692. The van der Waals surface area contributed by atoms with Crippen molar-refractivity contribution in [2.45, 2.75) is 6.17 Å². The highest BCUT2D eigenvalue weighted by atomic mass is 16.2. The number of carbonyl (C=O) groups excluding carboxylic acids is 2. The van der Waals surface area contributed by atoms with E-state index in [4.69, 9.17) is 0 Å². The lowest BCUT2D eigenvalue weighted by Gasteiger charge is -2.14. The van der Waals surface area contributed by atoms with Gasteiger partial charge < -0.3 is 0 Å². The maximum atomic E-state index is 11.8. The Morgan fingerprint density at radius 2 is 1.41 bits per heavy atom. The first-order valence-corrected chi connectivity index (χ1v) is 4.78. The van der Waals surface area contributed by atoms with Crippen molar-refractivity contribution in [1.82, 2.24) is 24.1 Å². The maximum Gasteiger partial charge on any atom is 0.349 e. The summed E-state index contributed by atoms with van der Waals surface area (Å²) >= 11 is 0. The Morgan fingerprint density at radius 1 is 0.941 bits per heavy atom. The Bertz CT molecular complexity index is 587. The van der Waals surface area contributed by atoms with Gasteiger partial charge in [0.15, 0.2) is 6.17 Å². The van der Waals surface area contributed by atoms with Crippen LogP contribution in [0.15, 0.2) is 9.59 Å². The summed E-state index contributed by atoms with van der Waals surface area (Å²) in [4.78, 5) is 47.3. The minimum absolute atomic E-state index is 0.641. The van der Waals surface area contributed by atoms with Gasteiger partial charge in [-0.3, -0.25) is 15.0 Å². The van der Waals surface area contributed by atoms with Crippen LogP contribution in [0.1, 0.15) is 6.17 Å². The summed E-state index contributed by atoms with van der Waals surface area (Å²) in [5.41, 5.74) is -1.31. The third kappa shape index (κ3) is 1.31. The van der Waals surface area contributed by atoms with E-state index in [1.165, 1.54) is 21.1 Å². The molecular weight excluding hydrogens is 230 g/mol. The fraction of sp³-hybridized carbons (Fsp3) is 0.500. The van der Waals surface area contributed by atoms with Crippen molar-refractivity contribution in [3.8, 4) is 0 Å². The van der Waals surface area contributed by atoms with Crippen molar-refractivity contribution in [2.24, 2.45) is 14.1 Å². The van der Waals surface area contributed by atoms with Crippen molar-refractivity contribution in [3.05, 3.63) is 21.0 Å². The van der Waals surface area contributed by atoms with E-state index in [0.29, 0.717) is 0 Å². The second kappa shape index (κ2) is 3.34. The fourth-order valence-corrected chi connectivity index (χ4v) is 1.70. The topological polar surface area (TPSA) is 98.3 Å². The molecule has 1 fully saturated rings. The summed E-state index contributed by atoms with van der Waals surface area (Å²) in [7, 11) is 4.13. The van der Waals surface area contributed by atoms with Crippen LogP contribution in [-0.2, 0) is 18.9 Å². The molecule has 1 aliphatic rings. The molecule has 1 aromatic rings. The van der Waals surface area contributed by atoms with E-state index in [1.807, 2.05) is 5.32 Å². The zero-order valence-electron chi connectivity index (χ0n) is 9.50. The number of likely N-dealkylation sites (N-methyl/N-ethyl adjacent to an activating group) is 1. The lowest BCUT2D eigenvalue weighted by molar-refractivity contribution is -0.123. The SMILES string of the molecule is CN1C(=O)NC(=O)C1n1c(=O)n(C)n(C)c1=O. The number of aromatic nitrogens is 3. The summed E-state index contributed by atoms with van der Waals surface area (Å²) < 4.78 is 2.86. The lowest BCUT2D eigenvalue weighted by Crippen LogP contribution is -2.41. The van der Waals surface area contributed by atoms with Crippen molar-refractivity contribution < 1.29 is 9.59 Å². The molecule has 1 aliphatic heterocycles. The van der Waals surface area contributed by atoms with Crippen LogP contribution in [-0.4, -0.2) is 37.8 Å². The number of hydrogen-bond donors (Lipinski definition) is 1. The molecule has 3 amide bonds. The summed E-state index contributed by atoms with van der Waals surface area (Å²) in [6, 6.07) is -0.641. The Balaban J connectivity index is 2.68. The van der Waals surface area contributed by atoms with Gasteiger partial charge in [-0.25, -0.2) is 28.3 Å². The number of imide groups is 1. The summed E-state index contributed by atoms with van der Waals surface area (Å²) in [5, 5.41) is 2.03. The van der Waals surface area contributed by atoms with Crippen LogP contribution >= 0.6 is 0 Å². The van der Waals surface area contributed by atoms with Gasteiger partial charge in [0, 0.05) is 21.1 Å². The van der Waals surface area contributed by atoms with E-state index in [-0.39, 0.29) is 0 Å². The van der Waals surface area contributed by atoms with Gasteiger partial charge in [-0.2, -0.15) is 0 Å². The Hall–Kier alpha value is -2.32. The number of nitrogens with one attached hydrogen (secondary N) is 1. The molecule has 0 aromatic carbocycles. The highest BCUT2D eigenvalue weighted by Crippen LogP contribution is 2.13. The smallest absolute Gasteiger partial charge is 0.298 e. The van der Waals surface area contributed by atoms with Gasteiger partial charge >= 0.3 is 17.4 Å². The number of carbonyl (C=O) groups is 2. The van der Waals surface area contributed by atoms with E-state index in [0.717, 1.165) is 18.8 Å². The summed E-state index contributed by atoms with van der Waals surface area (Å²) in [6.45, 7) is 0. The number of hydrogen-bond acceptors (Lipinski definition) is 4. The largest absolute Gasteiger partial charge is 0.349 e. The van der Waals surface area contributed by atoms with Gasteiger partial charge in [-0.05, 0) is 0 Å². The number of nitrogens with zero attached hydrogens (tertiary/aromatic N) is 4. The fourth-order valence-electron chi connectivity index (χ4n) is 1.70. The van der Waals surface area contributed by atoms with Gasteiger partial charge in [-0.15, -0.1) is 0 Å². The minimum Gasteiger partial charge on any atom is -0.298 e. The van der Waals surface area contributed by atoms with Crippen LogP contribution in [0.3, 0.4) is 0 Å².